The van der Waals surface area contributed by atoms with Crippen LogP contribution in [-0.4, -0.2) is 19.5 Å². The van der Waals surface area contributed by atoms with Crippen molar-refractivity contribution in [2.24, 2.45) is 0 Å². The van der Waals surface area contributed by atoms with Crippen molar-refractivity contribution in [1.82, 2.24) is 19.5 Å². The summed E-state index contributed by atoms with van der Waals surface area (Å²) in [4.78, 5) is 14.1. The number of nitrogens with zero attached hydrogens (tertiary/aromatic N) is 4. The van der Waals surface area contributed by atoms with Gasteiger partial charge in [-0.15, -0.1) is 0 Å². The molecule has 0 saturated carbocycles. The first-order chi connectivity index (χ1) is 27.3. The average Bonchev–Trinajstić information content (AvgIpc) is 3.91. The summed E-state index contributed by atoms with van der Waals surface area (Å²) < 4.78 is 57.3. The molecule has 0 aliphatic rings. The molecule has 6 nitrogen and oxygen atoms in total. The maximum absolute atomic E-state index is 8.61. The highest BCUT2D eigenvalue weighted by molar-refractivity contribution is 6.19. The van der Waals surface area contributed by atoms with E-state index in [1.165, 1.54) is 10.8 Å². The number of fused-ring (bicyclic) bond motifs is 10. The lowest BCUT2D eigenvalue weighted by Gasteiger charge is -2.08. The van der Waals surface area contributed by atoms with Crippen molar-refractivity contribution in [2.45, 2.75) is 0 Å². The first-order valence-electron chi connectivity index (χ1n) is 19.0. The summed E-state index contributed by atoms with van der Waals surface area (Å²) in [7, 11) is 0. The van der Waals surface area contributed by atoms with Gasteiger partial charge >= 0.3 is 0 Å². The van der Waals surface area contributed by atoms with E-state index in [1.54, 1.807) is 0 Å². The van der Waals surface area contributed by atoms with Gasteiger partial charge in [0.1, 0.15) is 11.2 Å². The monoisotopic (exact) mass is 659 g/mol. The van der Waals surface area contributed by atoms with Crippen molar-refractivity contribution >= 4 is 65.7 Å². The molecular formula is C45H26N4O2. The molecule has 0 bridgehead atoms. The molecule has 7 aromatic carbocycles. The predicted molar refractivity (Wildman–Crippen MR) is 205 cm³/mol. The smallest absolute Gasteiger partial charge is 0.178 e. The van der Waals surface area contributed by atoms with Gasteiger partial charge in [0, 0.05) is 60.8 Å². The molecule has 0 spiro atoms. The Morgan fingerprint density at radius 1 is 0.431 bits per heavy atom. The van der Waals surface area contributed by atoms with Crippen molar-refractivity contribution in [3.63, 3.8) is 0 Å². The molecular weight excluding hydrogens is 629 g/mol. The molecule has 238 valence electrons. The quantitative estimate of drug-likeness (QED) is 0.188. The molecule has 0 unspecified atom stereocenters. The van der Waals surface area contributed by atoms with Gasteiger partial charge in [0.2, 0.25) is 0 Å². The van der Waals surface area contributed by atoms with Crippen LogP contribution in [0.15, 0.2) is 166 Å². The molecule has 4 aromatic heterocycles. The Hall–Kier alpha value is -7.05. The molecule has 0 N–H and O–H groups in total. The summed E-state index contributed by atoms with van der Waals surface area (Å²) in [6.07, 6.45) is 0. The summed E-state index contributed by atoms with van der Waals surface area (Å²) in [5.41, 5.74) is 7.00. The van der Waals surface area contributed by atoms with Gasteiger partial charge in [0.25, 0.3) is 0 Å². The van der Waals surface area contributed by atoms with Crippen molar-refractivity contribution in [3.05, 3.63) is 158 Å². The summed E-state index contributed by atoms with van der Waals surface area (Å²) in [6, 6.07) is 40.0. The largest absolute Gasteiger partial charge is 0.452 e. The zero-order valence-corrected chi connectivity index (χ0v) is 26.7. The van der Waals surface area contributed by atoms with Gasteiger partial charge in [0.05, 0.1) is 17.9 Å². The molecule has 6 heteroatoms. The van der Waals surface area contributed by atoms with Gasteiger partial charge in [-0.05, 0) is 48.5 Å². The molecule has 0 radical (unpaired) electrons. The number of para-hydroxylation sites is 2. The van der Waals surface area contributed by atoms with Crippen LogP contribution in [0, 0.1) is 0 Å². The van der Waals surface area contributed by atoms with Gasteiger partial charge in [-0.2, -0.15) is 0 Å². The fraction of sp³-hybridized carbons (Fsp3) is 0. The summed E-state index contributed by atoms with van der Waals surface area (Å²) >= 11 is 0. The van der Waals surface area contributed by atoms with E-state index in [2.05, 4.69) is 87.3 Å². The summed E-state index contributed by atoms with van der Waals surface area (Å²) in [5.74, 6) is 0.528. The fourth-order valence-corrected chi connectivity index (χ4v) is 7.23. The minimum atomic E-state index is -0.487. The SMILES string of the molecule is [2H]c1c([2H])c([2H])c(-c2nc(-c3ccccc3)nc(-c3ccc4c(c3)oc3c4ccc4c5ccc(-n6c7ccccc7c7ccccc76)cc5oc43)n2)c([2H])c1[2H]. The van der Waals surface area contributed by atoms with E-state index in [9.17, 15) is 0 Å². The summed E-state index contributed by atoms with van der Waals surface area (Å²) in [5, 5.41) is 6.06. The zero-order chi connectivity index (χ0) is 37.8. The number of aromatic nitrogens is 4. The van der Waals surface area contributed by atoms with E-state index in [-0.39, 0.29) is 17.2 Å². The second-order valence-corrected chi connectivity index (χ2v) is 12.5. The highest BCUT2D eigenvalue weighted by atomic mass is 16.4. The number of furan rings is 2. The molecule has 0 saturated heterocycles. The third kappa shape index (κ3) is 4.26. The van der Waals surface area contributed by atoms with E-state index >= 15 is 0 Å². The van der Waals surface area contributed by atoms with Gasteiger partial charge < -0.3 is 13.4 Å². The van der Waals surface area contributed by atoms with Crippen LogP contribution in [0.5, 0.6) is 0 Å². The highest BCUT2D eigenvalue weighted by Crippen LogP contribution is 2.41. The van der Waals surface area contributed by atoms with E-state index in [4.69, 9.17) is 20.7 Å². The van der Waals surface area contributed by atoms with Gasteiger partial charge in [-0.3, -0.25) is 0 Å². The number of rotatable bonds is 4. The Morgan fingerprint density at radius 2 is 0.961 bits per heavy atom. The third-order valence-electron chi connectivity index (χ3n) is 9.55. The Kier molecular flexibility index (Phi) is 4.91. The van der Waals surface area contributed by atoms with E-state index in [0.29, 0.717) is 33.7 Å². The van der Waals surface area contributed by atoms with Crippen LogP contribution in [0.2, 0.25) is 0 Å². The van der Waals surface area contributed by atoms with Gasteiger partial charge in [-0.1, -0.05) is 103 Å². The van der Waals surface area contributed by atoms with Crippen molar-refractivity contribution in [1.29, 1.82) is 0 Å². The molecule has 0 atom stereocenters. The van der Waals surface area contributed by atoms with Crippen molar-refractivity contribution in [3.8, 4) is 39.9 Å². The molecule has 4 heterocycles. The van der Waals surface area contributed by atoms with Crippen molar-refractivity contribution < 1.29 is 15.7 Å². The Morgan fingerprint density at radius 3 is 1.63 bits per heavy atom. The zero-order valence-electron chi connectivity index (χ0n) is 31.7. The lowest BCUT2D eigenvalue weighted by molar-refractivity contribution is 0.633. The Balaban J connectivity index is 1.07. The van der Waals surface area contributed by atoms with Crippen LogP contribution < -0.4 is 0 Å². The third-order valence-corrected chi connectivity index (χ3v) is 9.55. The number of benzene rings is 7. The van der Waals surface area contributed by atoms with Gasteiger partial charge in [0.15, 0.2) is 28.6 Å². The van der Waals surface area contributed by atoms with Crippen LogP contribution >= 0.6 is 0 Å². The standard InChI is InChI=1S/C45H26N4O2/c1-3-11-27(12-4-1)43-46-44(28-13-5-2-6-14-28)48-45(47-43)29-19-21-33-35-23-24-36-34-22-20-30(26-40(34)51-42(36)41(35)50-39(33)25-29)49-37-17-9-7-15-31(37)32-16-8-10-18-38(32)49/h1-26H/i1D,3D,4D,11D,12D. The molecule has 0 aliphatic heterocycles. The van der Waals surface area contributed by atoms with E-state index in [1.807, 2.05) is 54.6 Å². The Labute approximate surface area is 297 Å². The van der Waals surface area contributed by atoms with E-state index < -0.39 is 30.2 Å². The van der Waals surface area contributed by atoms with Crippen LogP contribution in [0.3, 0.4) is 0 Å². The van der Waals surface area contributed by atoms with Crippen LogP contribution in [0.25, 0.3) is 106 Å². The molecule has 11 rings (SSSR count). The second-order valence-electron chi connectivity index (χ2n) is 12.5. The molecule has 0 aliphatic carbocycles. The number of hydrogen-bond donors (Lipinski definition) is 0. The van der Waals surface area contributed by atoms with Crippen LogP contribution in [0.4, 0.5) is 0 Å². The number of hydrogen-bond acceptors (Lipinski definition) is 5. The molecule has 0 amide bonds. The first kappa shape index (κ1) is 23.3. The van der Waals surface area contributed by atoms with Crippen LogP contribution in [-0.2, 0) is 0 Å². The van der Waals surface area contributed by atoms with E-state index in [0.717, 1.165) is 43.8 Å². The van der Waals surface area contributed by atoms with Gasteiger partial charge in [-0.25, -0.2) is 15.0 Å². The second kappa shape index (κ2) is 10.7. The van der Waals surface area contributed by atoms with Crippen LogP contribution in [0.1, 0.15) is 6.85 Å². The maximum Gasteiger partial charge on any atom is 0.178 e. The minimum Gasteiger partial charge on any atom is -0.452 e. The molecule has 0 fully saturated rings. The fourth-order valence-electron chi connectivity index (χ4n) is 7.23. The lowest BCUT2D eigenvalue weighted by atomic mass is 10.1. The first-order valence-corrected chi connectivity index (χ1v) is 16.5. The topological polar surface area (TPSA) is 69.9 Å². The molecule has 51 heavy (non-hydrogen) atoms. The predicted octanol–water partition coefficient (Wildman–Crippen LogP) is 11.8. The Bertz CT molecular complexity index is 3360. The lowest BCUT2D eigenvalue weighted by Crippen LogP contribution is -2.00. The average molecular weight is 660 g/mol. The highest BCUT2D eigenvalue weighted by Gasteiger charge is 2.19. The van der Waals surface area contributed by atoms with Crippen molar-refractivity contribution in [2.75, 3.05) is 0 Å². The normalized spacial score (nSPS) is 13.3. The minimum absolute atomic E-state index is 0.0279. The summed E-state index contributed by atoms with van der Waals surface area (Å²) in [6.45, 7) is 0. The molecule has 11 aromatic rings. The maximum atomic E-state index is 8.61.